The minimum absolute atomic E-state index is 0.0212. The van der Waals surface area contributed by atoms with Gasteiger partial charge >= 0.3 is 11.7 Å². The Labute approximate surface area is 129 Å². The molecule has 0 N–H and O–H groups in total. The second-order valence-corrected chi connectivity index (χ2v) is 5.02. The highest BCUT2D eigenvalue weighted by atomic mass is 79.9. The summed E-state index contributed by atoms with van der Waals surface area (Å²) in [5.74, 6) is -0.940. The second-order valence-electron chi connectivity index (χ2n) is 3.60. The molecule has 20 heavy (non-hydrogen) atoms. The molecule has 0 bridgehead atoms. The lowest BCUT2D eigenvalue weighted by atomic mass is 10.3. The summed E-state index contributed by atoms with van der Waals surface area (Å²) in [6.45, 7) is 0. The minimum atomic E-state index is -0.678. The van der Waals surface area contributed by atoms with Crippen molar-refractivity contribution in [1.29, 1.82) is 0 Å². The summed E-state index contributed by atoms with van der Waals surface area (Å²) in [5, 5.41) is 11.5. The van der Waals surface area contributed by atoms with Crippen LogP contribution in [0.1, 0.15) is 5.56 Å². The number of nitro benzene ring substituents is 1. The van der Waals surface area contributed by atoms with Gasteiger partial charge in [-0.05, 0) is 21.5 Å². The van der Waals surface area contributed by atoms with Gasteiger partial charge in [-0.2, -0.15) is 0 Å². The molecule has 0 saturated heterocycles. The molecule has 0 spiro atoms. The Morgan fingerprint density at radius 2 is 2.00 bits per heavy atom. The smallest absolute Gasteiger partial charge is 0.322 e. The fourth-order valence-corrected chi connectivity index (χ4v) is 1.93. The molecule has 1 heterocycles. The molecule has 0 aliphatic heterocycles. The largest absolute Gasteiger partial charge is 0.417 e. The number of aromatic nitrogens is 2. The van der Waals surface area contributed by atoms with Gasteiger partial charge in [0.05, 0.1) is 9.40 Å². The highest BCUT2D eigenvalue weighted by Crippen LogP contribution is 2.34. The molecule has 1 aromatic carbocycles. The van der Waals surface area contributed by atoms with Crippen LogP contribution in [0.5, 0.6) is 11.8 Å². The molecule has 1 aromatic heterocycles. The van der Waals surface area contributed by atoms with E-state index in [1.165, 1.54) is 12.4 Å². The molecule has 9 heteroatoms. The molecule has 104 valence electrons. The van der Waals surface area contributed by atoms with E-state index in [0.29, 0.717) is 5.33 Å². The molecule has 0 atom stereocenters. The van der Waals surface area contributed by atoms with Crippen LogP contribution in [0.2, 0.25) is 0 Å². The number of hydrogen-bond acceptors (Lipinski definition) is 5. The SMILES string of the molecule is O=[N+]([O-])c1cc(Br)c(F)cc1Oc1ncc(CBr)cn1. The standard InChI is InChI=1S/C11H6Br2FN3O3/c12-3-6-4-15-11(16-5-6)20-10-2-8(14)7(13)1-9(10)17(18)19/h1-2,4-5H,3H2. The summed E-state index contributed by atoms with van der Waals surface area (Å²) in [6.07, 6.45) is 3.00. The highest BCUT2D eigenvalue weighted by Gasteiger charge is 2.20. The van der Waals surface area contributed by atoms with Crippen molar-refractivity contribution in [3.8, 4) is 11.8 Å². The van der Waals surface area contributed by atoms with Gasteiger partial charge in [0.1, 0.15) is 5.82 Å². The number of ether oxygens (including phenoxy) is 1. The molecule has 0 aliphatic carbocycles. The van der Waals surface area contributed by atoms with Gasteiger partial charge in [-0.15, -0.1) is 0 Å². The summed E-state index contributed by atoms with van der Waals surface area (Å²) < 4.78 is 18.6. The molecule has 0 aliphatic rings. The van der Waals surface area contributed by atoms with Gasteiger partial charge in [-0.3, -0.25) is 10.1 Å². The number of rotatable bonds is 4. The van der Waals surface area contributed by atoms with Gasteiger partial charge in [0.25, 0.3) is 0 Å². The second kappa shape index (κ2) is 6.23. The first kappa shape index (κ1) is 14.8. The van der Waals surface area contributed by atoms with Gasteiger partial charge in [0.2, 0.25) is 5.75 Å². The number of benzene rings is 1. The molecule has 2 rings (SSSR count). The van der Waals surface area contributed by atoms with E-state index in [1.54, 1.807) is 0 Å². The third-order valence-corrected chi connectivity index (χ3v) is 3.49. The van der Waals surface area contributed by atoms with E-state index >= 15 is 0 Å². The summed E-state index contributed by atoms with van der Waals surface area (Å²) >= 11 is 6.11. The Morgan fingerprint density at radius 1 is 1.35 bits per heavy atom. The van der Waals surface area contributed by atoms with Crippen molar-refractivity contribution >= 4 is 37.5 Å². The van der Waals surface area contributed by atoms with Crippen molar-refractivity contribution < 1.29 is 14.1 Å². The molecule has 0 unspecified atom stereocenters. The number of nitrogens with zero attached hydrogens (tertiary/aromatic N) is 3. The van der Waals surface area contributed by atoms with E-state index in [0.717, 1.165) is 17.7 Å². The Kier molecular flexibility index (Phi) is 4.61. The zero-order valence-electron chi connectivity index (χ0n) is 9.72. The van der Waals surface area contributed by atoms with Gasteiger partial charge < -0.3 is 4.74 Å². The van der Waals surface area contributed by atoms with Crippen LogP contribution >= 0.6 is 31.9 Å². The molecule has 0 saturated carbocycles. The molecule has 0 amide bonds. The summed E-state index contributed by atoms with van der Waals surface area (Å²) in [7, 11) is 0. The van der Waals surface area contributed by atoms with Crippen LogP contribution in [0, 0.1) is 15.9 Å². The number of hydrogen-bond donors (Lipinski definition) is 0. The maximum Gasteiger partial charge on any atom is 0.322 e. The van der Waals surface area contributed by atoms with Crippen LogP contribution < -0.4 is 4.74 Å². The molecular formula is C11H6Br2FN3O3. The predicted octanol–water partition coefficient (Wildman–Crippen LogP) is 3.97. The molecule has 0 fully saturated rings. The monoisotopic (exact) mass is 405 g/mol. The first-order chi connectivity index (χ1) is 9.51. The first-order valence-electron chi connectivity index (χ1n) is 5.19. The summed E-state index contributed by atoms with van der Waals surface area (Å²) in [4.78, 5) is 18.0. The third-order valence-electron chi connectivity index (χ3n) is 2.24. The van der Waals surface area contributed by atoms with Crippen LogP contribution in [0.3, 0.4) is 0 Å². The maximum absolute atomic E-state index is 13.4. The Balaban J connectivity index is 2.36. The lowest BCUT2D eigenvalue weighted by Crippen LogP contribution is -1.98. The zero-order valence-corrected chi connectivity index (χ0v) is 12.9. The van der Waals surface area contributed by atoms with Gasteiger partial charge in [-0.25, -0.2) is 14.4 Å². The van der Waals surface area contributed by atoms with Crippen LogP contribution in [0.15, 0.2) is 29.0 Å². The highest BCUT2D eigenvalue weighted by molar-refractivity contribution is 9.10. The lowest BCUT2D eigenvalue weighted by molar-refractivity contribution is -0.385. The maximum atomic E-state index is 13.4. The molecule has 6 nitrogen and oxygen atoms in total. The minimum Gasteiger partial charge on any atom is -0.417 e. The zero-order chi connectivity index (χ0) is 14.7. The van der Waals surface area contributed by atoms with Gasteiger partial charge in [0, 0.05) is 29.9 Å². The summed E-state index contributed by atoms with van der Waals surface area (Å²) in [6, 6.07) is 1.83. The summed E-state index contributed by atoms with van der Waals surface area (Å²) in [5.41, 5.74) is 0.431. The average molecular weight is 407 g/mol. The van der Waals surface area contributed by atoms with Gasteiger partial charge in [0.15, 0.2) is 0 Å². The average Bonchev–Trinajstić information content (AvgIpc) is 2.43. The van der Waals surface area contributed by atoms with Crippen molar-refractivity contribution in [3.05, 3.63) is 50.5 Å². The fraction of sp³-hybridized carbons (Fsp3) is 0.0909. The van der Waals surface area contributed by atoms with Crippen molar-refractivity contribution in [2.75, 3.05) is 0 Å². The van der Waals surface area contributed by atoms with Crippen LogP contribution in [0.4, 0.5) is 10.1 Å². The normalized spacial score (nSPS) is 10.3. The Hall–Kier alpha value is -1.61. The Morgan fingerprint density at radius 3 is 2.55 bits per heavy atom. The Bertz CT molecular complexity index is 652. The molecule has 0 radical (unpaired) electrons. The van der Waals surface area contributed by atoms with E-state index in [9.17, 15) is 14.5 Å². The van der Waals surface area contributed by atoms with Crippen LogP contribution in [-0.2, 0) is 5.33 Å². The van der Waals surface area contributed by atoms with E-state index < -0.39 is 10.7 Å². The van der Waals surface area contributed by atoms with E-state index in [1.807, 2.05) is 0 Å². The lowest BCUT2D eigenvalue weighted by Gasteiger charge is -2.05. The molecule has 2 aromatic rings. The number of alkyl halides is 1. The van der Waals surface area contributed by atoms with Crippen molar-refractivity contribution in [3.63, 3.8) is 0 Å². The number of nitro groups is 1. The first-order valence-corrected chi connectivity index (χ1v) is 7.11. The predicted molar refractivity (Wildman–Crippen MR) is 75.5 cm³/mol. The van der Waals surface area contributed by atoms with Crippen molar-refractivity contribution in [2.24, 2.45) is 0 Å². The topological polar surface area (TPSA) is 78.2 Å². The third kappa shape index (κ3) is 3.28. The quantitative estimate of drug-likeness (QED) is 0.436. The van der Waals surface area contributed by atoms with E-state index in [4.69, 9.17) is 4.74 Å². The molecular weight excluding hydrogens is 401 g/mol. The van der Waals surface area contributed by atoms with Crippen molar-refractivity contribution in [1.82, 2.24) is 9.97 Å². The fourth-order valence-electron chi connectivity index (χ4n) is 1.31. The van der Waals surface area contributed by atoms with E-state index in [-0.39, 0.29) is 21.9 Å². The van der Waals surface area contributed by atoms with Crippen LogP contribution in [0.25, 0.3) is 0 Å². The number of halogens is 3. The van der Waals surface area contributed by atoms with Gasteiger partial charge in [-0.1, -0.05) is 15.9 Å². The van der Waals surface area contributed by atoms with Crippen molar-refractivity contribution in [2.45, 2.75) is 5.33 Å². The van der Waals surface area contributed by atoms with Crippen LogP contribution in [-0.4, -0.2) is 14.9 Å². The van der Waals surface area contributed by atoms with E-state index in [2.05, 4.69) is 41.8 Å².